The smallest absolute Gasteiger partial charge is 0.264 e. The summed E-state index contributed by atoms with van der Waals surface area (Å²) < 4.78 is 55.0. The summed E-state index contributed by atoms with van der Waals surface area (Å²) >= 11 is 0. The Morgan fingerprint density at radius 2 is 1.50 bits per heavy atom. The highest BCUT2D eigenvalue weighted by Gasteiger charge is 2.32. The Morgan fingerprint density at radius 1 is 0.833 bits per heavy atom. The van der Waals surface area contributed by atoms with Gasteiger partial charge < -0.3 is 0 Å². The van der Waals surface area contributed by atoms with E-state index in [-0.39, 0.29) is 9.79 Å². The Morgan fingerprint density at radius 3 is 2.20 bits per heavy atom. The Hall–Kier alpha value is -2.42. The lowest BCUT2D eigenvalue weighted by molar-refractivity contribution is 0.445. The van der Waals surface area contributed by atoms with E-state index in [1.807, 2.05) is 24.3 Å². The van der Waals surface area contributed by atoms with E-state index in [9.17, 15) is 16.8 Å². The summed E-state index contributed by atoms with van der Waals surface area (Å²) in [5.74, 6) is 0. The van der Waals surface area contributed by atoms with Crippen LogP contribution in [0.15, 0.2) is 70.5 Å². The SMILES string of the molecule is CCN(CC)S(=O)(=O)c1ccc2c(c1)CCN2S(=O)(=O)c1ccc2ccccc2c1. The number of hydrogen-bond donors (Lipinski definition) is 0. The molecule has 0 atom stereocenters. The first-order chi connectivity index (χ1) is 14.3. The van der Waals surface area contributed by atoms with Crippen molar-refractivity contribution in [3.8, 4) is 0 Å². The molecule has 0 radical (unpaired) electrons. The van der Waals surface area contributed by atoms with Gasteiger partial charge in [-0.3, -0.25) is 4.31 Å². The quantitative estimate of drug-likeness (QED) is 0.582. The van der Waals surface area contributed by atoms with Crippen LogP contribution < -0.4 is 4.31 Å². The normalized spacial score (nSPS) is 14.4. The van der Waals surface area contributed by atoms with E-state index in [1.165, 1.54) is 14.7 Å². The molecule has 0 unspecified atom stereocenters. The third kappa shape index (κ3) is 3.38. The first-order valence-electron chi connectivity index (χ1n) is 9.93. The highest BCUT2D eigenvalue weighted by Crippen LogP contribution is 2.35. The second kappa shape index (κ2) is 7.68. The minimum Gasteiger partial charge on any atom is -0.266 e. The molecule has 0 N–H and O–H groups in total. The van der Waals surface area contributed by atoms with Gasteiger partial charge in [-0.05, 0) is 53.1 Å². The molecule has 0 aliphatic carbocycles. The number of sulfonamides is 2. The first-order valence-corrected chi connectivity index (χ1v) is 12.8. The van der Waals surface area contributed by atoms with Crippen molar-refractivity contribution < 1.29 is 16.8 Å². The van der Waals surface area contributed by atoms with Crippen molar-refractivity contribution in [3.63, 3.8) is 0 Å². The van der Waals surface area contributed by atoms with Crippen LogP contribution in [0.2, 0.25) is 0 Å². The first kappa shape index (κ1) is 20.8. The fourth-order valence-corrected chi connectivity index (χ4v) is 6.97. The van der Waals surface area contributed by atoms with Gasteiger partial charge >= 0.3 is 0 Å². The lowest BCUT2D eigenvalue weighted by atomic mass is 10.1. The second-order valence-electron chi connectivity index (χ2n) is 7.22. The molecule has 8 heteroatoms. The molecule has 158 valence electrons. The van der Waals surface area contributed by atoms with Crippen LogP contribution >= 0.6 is 0 Å². The number of hydrogen-bond acceptors (Lipinski definition) is 4. The minimum absolute atomic E-state index is 0.204. The highest BCUT2D eigenvalue weighted by molar-refractivity contribution is 7.92. The van der Waals surface area contributed by atoms with E-state index in [0.29, 0.717) is 31.7 Å². The van der Waals surface area contributed by atoms with Gasteiger partial charge in [0, 0.05) is 19.6 Å². The van der Waals surface area contributed by atoms with Crippen LogP contribution in [0.5, 0.6) is 0 Å². The molecule has 0 spiro atoms. The molecule has 4 rings (SSSR count). The zero-order valence-electron chi connectivity index (χ0n) is 16.9. The number of nitrogens with zero attached hydrogens (tertiary/aromatic N) is 2. The zero-order valence-corrected chi connectivity index (χ0v) is 18.6. The molecule has 6 nitrogen and oxygen atoms in total. The maximum atomic E-state index is 13.3. The van der Waals surface area contributed by atoms with E-state index in [1.54, 1.807) is 44.2 Å². The van der Waals surface area contributed by atoms with Gasteiger partial charge in [-0.15, -0.1) is 0 Å². The Bertz CT molecular complexity index is 1310. The van der Waals surface area contributed by atoms with Crippen LogP contribution in [-0.4, -0.2) is 40.8 Å². The van der Waals surface area contributed by atoms with E-state index in [2.05, 4.69) is 0 Å². The van der Waals surface area contributed by atoms with Crippen LogP contribution in [0.25, 0.3) is 10.8 Å². The third-order valence-corrected chi connectivity index (χ3v) is 9.41. The summed E-state index contributed by atoms with van der Waals surface area (Å²) in [7, 11) is -7.33. The van der Waals surface area contributed by atoms with E-state index >= 15 is 0 Å². The van der Waals surface area contributed by atoms with Gasteiger partial charge in [-0.1, -0.05) is 44.2 Å². The summed E-state index contributed by atoms with van der Waals surface area (Å²) in [6, 6.07) is 17.4. The molecule has 30 heavy (non-hydrogen) atoms. The third-order valence-electron chi connectivity index (χ3n) is 5.56. The van der Waals surface area contributed by atoms with Crippen LogP contribution in [0.4, 0.5) is 5.69 Å². The van der Waals surface area contributed by atoms with Crippen molar-refractivity contribution in [2.45, 2.75) is 30.1 Å². The molecular weight excluding hydrogens is 420 g/mol. The molecule has 0 saturated heterocycles. The summed E-state index contributed by atoms with van der Waals surface area (Å²) in [5.41, 5.74) is 1.27. The highest BCUT2D eigenvalue weighted by atomic mass is 32.2. The van der Waals surface area contributed by atoms with Crippen molar-refractivity contribution in [1.29, 1.82) is 0 Å². The van der Waals surface area contributed by atoms with Crippen LogP contribution in [0, 0.1) is 0 Å². The Labute approximate surface area is 177 Å². The lowest BCUT2D eigenvalue weighted by Crippen LogP contribution is -2.30. The van der Waals surface area contributed by atoms with Gasteiger partial charge in [-0.2, -0.15) is 4.31 Å². The Kier molecular flexibility index (Phi) is 5.34. The van der Waals surface area contributed by atoms with Crippen LogP contribution in [0.1, 0.15) is 19.4 Å². The van der Waals surface area contributed by atoms with Crippen molar-refractivity contribution in [2.75, 3.05) is 23.9 Å². The maximum absolute atomic E-state index is 13.3. The molecule has 0 aromatic heterocycles. The zero-order chi connectivity index (χ0) is 21.5. The molecule has 3 aromatic carbocycles. The van der Waals surface area contributed by atoms with Crippen molar-refractivity contribution in [2.24, 2.45) is 0 Å². The predicted octanol–water partition coefficient (Wildman–Crippen LogP) is 3.62. The molecule has 1 aliphatic heterocycles. The standard InChI is InChI=1S/C22H24N2O4S2/c1-3-23(4-2)29(25,26)20-11-12-22-19(16-20)13-14-24(22)30(27,28)21-10-9-17-7-5-6-8-18(17)15-21/h5-12,15-16H,3-4,13-14H2,1-2H3. The summed E-state index contributed by atoms with van der Waals surface area (Å²) in [5, 5.41) is 1.84. The van der Waals surface area contributed by atoms with E-state index in [0.717, 1.165) is 16.3 Å². The number of fused-ring (bicyclic) bond motifs is 2. The molecule has 0 fully saturated rings. The Balaban J connectivity index is 1.72. The number of rotatable bonds is 6. The summed E-state index contributed by atoms with van der Waals surface area (Å²) in [6.45, 7) is 4.66. The fourth-order valence-electron chi connectivity index (χ4n) is 3.93. The number of benzene rings is 3. The van der Waals surface area contributed by atoms with E-state index < -0.39 is 20.0 Å². The van der Waals surface area contributed by atoms with Crippen molar-refractivity contribution in [1.82, 2.24) is 4.31 Å². The van der Waals surface area contributed by atoms with Gasteiger partial charge in [0.25, 0.3) is 10.0 Å². The molecule has 3 aromatic rings. The van der Waals surface area contributed by atoms with Crippen LogP contribution in [0.3, 0.4) is 0 Å². The van der Waals surface area contributed by atoms with E-state index in [4.69, 9.17) is 0 Å². The molecule has 1 heterocycles. The van der Waals surface area contributed by atoms with Crippen molar-refractivity contribution in [3.05, 3.63) is 66.2 Å². The minimum atomic E-state index is -3.74. The van der Waals surface area contributed by atoms with Gasteiger partial charge in [0.2, 0.25) is 10.0 Å². The maximum Gasteiger partial charge on any atom is 0.264 e. The predicted molar refractivity (Wildman–Crippen MR) is 119 cm³/mol. The van der Waals surface area contributed by atoms with Gasteiger partial charge in [0.05, 0.1) is 15.5 Å². The summed E-state index contributed by atoms with van der Waals surface area (Å²) in [6.07, 6.45) is 0.476. The second-order valence-corrected chi connectivity index (χ2v) is 11.0. The summed E-state index contributed by atoms with van der Waals surface area (Å²) in [4.78, 5) is 0.434. The fraction of sp³-hybridized carbons (Fsp3) is 0.273. The molecule has 1 aliphatic rings. The molecule has 0 bridgehead atoms. The van der Waals surface area contributed by atoms with Crippen LogP contribution in [-0.2, 0) is 26.5 Å². The number of anilines is 1. The van der Waals surface area contributed by atoms with Gasteiger partial charge in [0.15, 0.2) is 0 Å². The lowest BCUT2D eigenvalue weighted by Gasteiger charge is -2.21. The largest absolute Gasteiger partial charge is 0.266 e. The molecule has 0 saturated carbocycles. The van der Waals surface area contributed by atoms with Gasteiger partial charge in [-0.25, -0.2) is 16.8 Å². The topological polar surface area (TPSA) is 74.8 Å². The van der Waals surface area contributed by atoms with Crippen molar-refractivity contribution >= 4 is 36.5 Å². The average Bonchev–Trinajstić information content (AvgIpc) is 3.18. The molecule has 0 amide bonds. The van der Waals surface area contributed by atoms with Gasteiger partial charge in [0.1, 0.15) is 0 Å². The average molecular weight is 445 g/mol. The monoisotopic (exact) mass is 444 g/mol. The molecular formula is C22H24N2O4S2.